The summed E-state index contributed by atoms with van der Waals surface area (Å²) in [7, 11) is 0. The average Bonchev–Trinajstić information content (AvgIpc) is 2.47. The average molecular weight is 288 g/mol. The summed E-state index contributed by atoms with van der Waals surface area (Å²) >= 11 is 0. The minimum atomic E-state index is -0.659. The fourth-order valence-electron chi connectivity index (χ4n) is 1.58. The molecule has 0 aliphatic rings. The third-order valence-corrected chi connectivity index (χ3v) is 3.04. The quantitative estimate of drug-likeness (QED) is 0.773. The molecule has 2 unspecified atom stereocenters. The number of hydrogen-bond acceptors (Lipinski definition) is 3. The first-order valence-corrected chi connectivity index (χ1v) is 6.85. The Labute approximate surface area is 124 Å². The minimum absolute atomic E-state index is 0.0594. The first-order valence-electron chi connectivity index (χ1n) is 6.85. The van der Waals surface area contributed by atoms with Gasteiger partial charge in [0.1, 0.15) is 12.1 Å². The van der Waals surface area contributed by atoms with Crippen molar-refractivity contribution < 1.29 is 9.59 Å². The molecule has 0 aromatic heterocycles. The zero-order valence-electron chi connectivity index (χ0n) is 12.4. The number of carbonyl (C=O) groups excluding carboxylic acids is 2. The van der Waals surface area contributed by atoms with Gasteiger partial charge in [0, 0.05) is 6.04 Å². The molecule has 0 aliphatic carbocycles. The van der Waals surface area contributed by atoms with E-state index >= 15 is 0 Å². The van der Waals surface area contributed by atoms with Gasteiger partial charge in [-0.2, -0.15) is 5.26 Å². The summed E-state index contributed by atoms with van der Waals surface area (Å²) < 4.78 is 0. The Kier molecular flexibility index (Phi) is 6.21. The molecular weight excluding hydrogens is 268 g/mol. The highest BCUT2D eigenvalue weighted by Gasteiger charge is 2.17. The van der Waals surface area contributed by atoms with Crippen molar-refractivity contribution in [3.8, 4) is 6.07 Å². The SMILES string of the molecule is CCC(C)NC(=O)C(C)NC(=O)Nc1ccccc1C#N. The van der Waals surface area contributed by atoms with Crippen LogP contribution < -0.4 is 16.0 Å². The van der Waals surface area contributed by atoms with Gasteiger partial charge in [0.05, 0.1) is 11.3 Å². The summed E-state index contributed by atoms with van der Waals surface area (Å²) in [5.74, 6) is -0.243. The molecular formula is C15H20N4O2. The molecule has 0 fully saturated rings. The van der Waals surface area contributed by atoms with Crippen molar-refractivity contribution in [2.75, 3.05) is 5.32 Å². The third-order valence-electron chi connectivity index (χ3n) is 3.04. The summed E-state index contributed by atoms with van der Waals surface area (Å²) in [6.45, 7) is 5.47. The van der Waals surface area contributed by atoms with Gasteiger partial charge in [0.25, 0.3) is 0 Å². The number of anilines is 1. The highest BCUT2D eigenvalue weighted by molar-refractivity contribution is 5.94. The molecule has 21 heavy (non-hydrogen) atoms. The third kappa shape index (κ3) is 5.15. The van der Waals surface area contributed by atoms with Gasteiger partial charge < -0.3 is 16.0 Å². The Hall–Kier alpha value is -2.55. The maximum absolute atomic E-state index is 11.8. The molecule has 0 heterocycles. The van der Waals surface area contributed by atoms with E-state index < -0.39 is 12.1 Å². The number of carbonyl (C=O) groups is 2. The van der Waals surface area contributed by atoms with Gasteiger partial charge in [-0.1, -0.05) is 19.1 Å². The van der Waals surface area contributed by atoms with Gasteiger partial charge >= 0.3 is 6.03 Å². The lowest BCUT2D eigenvalue weighted by Crippen LogP contribution is -2.48. The molecule has 1 rings (SSSR count). The van der Waals surface area contributed by atoms with E-state index in [1.165, 1.54) is 0 Å². The van der Waals surface area contributed by atoms with Gasteiger partial charge in [0.2, 0.25) is 5.91 Å². The predicted molar refractivity (Wildman–Crippen MR) is 80.7 cm³/mol. The second kappa shape index (κ2) is 7.90. The number of nitrogens with one attached hydrogen (secondary N) is 3. The van der Waals surface area contributed by atoms with Crippen LogP contribution in [0.1, 0.15) is 32.8 Å². The van der Waals surface area contributed by atoms with Crippen LogP contribution in [0.4, 0.5) is 10.5 Å². The highest BCUT2D eigenvalue weighted by atomic mass is 16.2. The molecule has 0 radical (unpaired) electrons. The standard InChI is InChI=1S/C15H20N4O2/c1-4-10(2)17-14(20)11(3)18-15(21)19-13-8-6-5-7-12(13)9-16/h5-8,10-11H,4H2,1-3H3,(H,17,20)(H2,18,19,21). The van der Waals surface area contributed by atoms with E-state index in [9.17, 15) is 9.59 Å². The smallest absolute Gasteiger partial charge is 0.319 e. The van der Waals surface area contributed by atoms with Crippen LogP contribution in [0.15, 0.2) is 24.3 Å². The summed E-state index contributed by atoms with van der Waals surface area (Å²) in [5.41, 5.74) is 0.774. The van der Waals surface area contributed by atoms with E-state index in [1.54, 1.807) is 31.2 Å². The van der Waals surface area contributed by atoms with Crippen molar-refractivity contribution in [2.24, 2.45) is 0 Å². The molecule has 112 valence electrons. The Morgan fingerprint density at radius 3 is 2.52 bits per heavy atom. The van der Waals surface area contributed by atoms with E-state index in [0.717, 1.165) is 6.42 Å². The van der Waals surface area contributed by atoms with Crippen molar-refractivity contribution in [1.82, 2.24) is 10.6 Å². The van der Waals surface area contributed by atoms with Crippen molar-refractivity contribution in [1.29, 1.82) is 5.26 Å². The topological polar surface area (TPSA) is 94.0 Å². The Balaban J connectivity index is 2.57. The minimum Gasteiger partial charge on any atom is -0.352 e. The number of nitrogens with zero attached hydrogens (tertiary/aromatic N) is 1. The van der Waals surface area contributed by atoms with E-state index in [0.29, 0.717) is 11.3 Å². The van der Waals surface area contributed by atoms with Crippen molar-refractivity contribution >= 4 is 17.6 Å². The second-order valence-corrected chi connectivity index (χ2v) is 4.80. The molecule has 0 spiro atoms. The number of urea groups is 1. The van der Waals surface area contributed by atoms with Crippen LogP contribution in [0.5, 0.6) is 0 Å². The fourth-order valence-corrected chi connectivity index (χ4v) is 1.58. The summed E-state index contributed by atoms with van der Waals surface area (Å²) in [5, 5.41) is 16.8. The maximum Gasteiger partial charge on any atom is 0.319 e. The number of hydrogen-bond donors (Lipinski definition) is 3. The molecule has 0 bridgehead atoms. The lowest BCUT2D eigenvalue weighted by atomic mass is 10.2. The predicted octanol–water partition coefficient (Wildman–Crippen LogP) is 1.98. The summed E-state index contributed by atoms with van der Waals surface area (Å²) in [4.78, 5) is 23.7. The fraction of sp³-hybridized carbons (Fsp3) is 0.400. The van der Waals surface area contributed by atoms with Crippen LogP contribution >= 0.6 is 0 Å². The zero-order chi connectivity index (χ0) is 15.8. The first kappa shape index (κ1) is 16.5. The molecule has 6 nitrogen and oxygen atoms in total. The molecule has 6 heteroatoms. The van der Waals surface area contributed by atoms with Gasteiger partial charge in [-0.25, -0.2) is 4.79 Å². The van der Waals surface area contributed by atoms with E-state index in [2.05, 4.69) is 16.0 Å². The number of para-hydroxylation sites is 1. The Morgan fingerprint density at radius 2 is 1.90 bits per heavy atom. The van der Waals surface area contributed by atoms with E-state index in [4.69, 9.17) is 5.26 Å². The molecule has 3 amide bonds. The van der Waals surface area contributed by atoms with Crippen molar-refractivity contribution in [2.45, 2.75) is 39.3 Å². The van der Waals surface area contributed by atoms with E-state index in [-0.39, 0.29) is 11.9 Å². The van der Waals surface area contributed by atoms with Crippen molar-refractivity contribution in [3.63, 3.8) is 0 Å². The van der Waals surface area contributed by atoms with Crippen LogP contribution in [0.3, 0.4) is 0 Å². The largest absolute Gasteiger partial charge is 0.352 e. The Bertz CT molecular complexity index is 551. The van der Waals surface area contributed by atoms with E-state index in [1.807, 2.05) is 19.9 Å². The lowest BCUT2D eigenvalue weighted by Gasteiger charge is -2.18. The lowest BCUT2D eigenvalue weighted by molar-refractivity contribution is -0.123. The molecule has 2 atom stereocenters. The van der Waals surface area contributed by atoms with Gasteiger partial charge in [-0.3, -0.25) is 4.79 Å². The first-order chi connectivity index (χ1) is 9.97. The number of nitriles is 1. The van der Waals surface area contributed by atoms with Gasteiger partial charge in [-0.05, 0) is 32.4 Å². The number of amides is 3. The van der Waals surface area contributed by atoms with Gasteiger partial charge in [0.15, 0.2) is 0 Å². The highest BCUT2D eigenvalue weighted by Crippen LogP contribution is 2.13. The normalized spacial score (nSPS) is 12.7. The van der Waals surface area contributed by atoms with Crippen molar-refractivity contribution in [3.05, 3.63) is 29.8 Å². The molecule has 0 saturated heterocycles. The van der Waals surface area contributed by atoms with Crippen LogP contribution in [-0.2, 0) is 4.79 Å². The molecule has 0 saturated carbocycles. The van der Waals surface area contributed by atoms with Crippen LogP contribution in [0.25, 0.3) is 0 Å². The van der Waals surface area contributed by atoms with Crippen LogP contribution in [0, 0.1) is 11.3 Å². The molecule has 3 N–H and O–H groups in total. The summed E-state index contributed by atoms with van der Waals surface area (Å²) in [6.07, 6.45) is 0.820. The monoisotopic (exact) mass is 288 g/mol. The number of benzene rings is 1. The summed E-state index contributed by atoms with van der Waals surface area (Å²) in [6, 6.07) is 7.53. The molecule has 0 aliphatic heterocycles. The number of rotatable bonds is 5. The molecule has 1 aromatic rings. The van der Waals surface area contributed by atoms with Gasteiger partial charge in [-0.15, -0.1) is 0 Å². The zero-order valence-corrected chi connectivity index (χ0v) is 12.4. The maximum atomic E-state index is 11.8. The molecule has 1 aromatic carbocycles. The van der Waals surface area contributed by atoms with Crippen LogP contribution in [0.2, 0.25) is 0 Å². The Morgan fingerprint density at radius 1 is 1.24 bits per heavy atom. The second-order valence-electron chi connectivity index (χ2n) is 4.80. The van der Waals surface area contributed by atoms with Crippen LogP contribution in [-0.4, -0.2) is 24.0 Å².